The summed E-state index contributed by atoms with van der Waals surface area (Å²) in [6.45, 7) is 10.6. The van der Waals surface area contributed by atoms with Gasteiger partial charge in [0.2, 0.25) is 0 Å². The first kappa shape index (κ1) is 31.2. The van der Waals surface area contributed by atoms with E-state index in [0.29, 0.717) is 0 Å². The summed E-state index contributed by atoms with van der Waals surface area (Å²) in [4.78, 5) is 4.79. The number of aromatic nitrogens is 1. The Morgan fingerprint density at radius 2 is 1.28 bits per heavy atom. The van der Waals surface area contributed by atoms with Crippen LogP contribution in [0.25, 0.3) is 33.1 Å². The molecule has 5 aromatic carbocycles. The fraction of sp³-hybridized carbons (Fsp3) is 0.106. The number of hydrogen-bond donors (Lipinski definition) is 0. The third kappa shape index (κ3) is 5.51. The third-order valence-electron chi connectivity index (χ3n) is 9.90. The zero-order chi connectivity index (χ0) is 34.2. The highest BCUT2D eigenvalue weighted by atomic mass is 15.2. The van der Waals surface area contributed by atoms with Gasteiger partial charge in [-0.1, -0.05) is 118 Å². The predicted molar refractivity (Wildman–Crippen MR) is 215 cm³/mol. The molecule has 244 valence electrons. The minimum atomic E-state index is -0.0282. The highest BCUT2D eigenvalue weighted by molar-refractivity contribution is 6.09. The molecule has 0 saturated heterocycles. The minimum Gasteiger partial charge on any atom is -0.334 e. The maximum absolute atomic E-state index is 3.84. The van der Waals surface area contributed by atoms with Gasteiger partial charge in [-0.25, -0.2) is 0 Å². The number of anilines is 4. The molecular weight excluding hydrogens is 607 g/mol. The number of allylic oxidation sites excluding steroid dienone is 9. The topological polar surface area (TPSA) is 11.4 Å². The van der Waals surface area contributed by atoms with Crippen molar-refractivity contribution in [3.05, 3.63) is 194 Å². The second kappa shape index (κ2) is 12.8. The number of fused-ring (bicyclic) bond motifs is 4. The van der Waals surface area contributed by atoms with Crippen molar-refractivity contribution in [3.63, 3.8) is 0 Å². The fourth-order valence-electron chi connectivity index (χ4n) is 7.45. The van der Waals surface area contributed by atoms with Crippen LogP contribution in [0.15, 0.2) is 188 Å². The number of nitrogens with zero attached hydrogens (tertiary/aromatic N) is 3. The maximum atomic E-state index is 3.84. The van der Waals surface area contributed by atoms with E-state index in [1.54, 1.807) is 0 Å². The van der Waals surface area contributed by atoms with Crippen molar-refractivity contribution in [3.8, 4) is 5.69 Å². The monoisotopic (exact) mass is 647 g/mol. The van der Waals surface area contributed by atoms with Crippen LogP contribution in [0.4, 0.5) is 22.7 Å². The zero-order valence-electron chi connectivity index (χ0n) is 28.9. The minimum absolute atomic E-state index is 0.0282. The van der Waals surface area contributed by atoms with Gasteiger partial charge in [0.1, 0.15) is 0 Å². The van der Waals surface area contributed by atoms with E-state index in [1.807, 2.05) is 12.2 Å². The molecule has 0 N–H and O–H groups in total. The van der Waals surface area contributed by atoms with Crippen molar-refractivity contribution in [2.75, 3.05) is 9.80 Å². The summed E-state index contributed by atoms with van der Waals surface area (Å²) in [5.41, 5.74) is 11.8. The Labute approximate surface area is 295 Å². The van der Waals surface area contributed by atoms with Gasteiger partial charge < -0.3 is 14.4 Å². The van der Waals surface area contributed by atoms with Crippen LogP contribution in [-0.2, 0) is 0 Å². The van der Waals surface area contributed by atoms with E-state index in [1.165, 1.54) is 38.6 Å². The van der Waals surface area contributed by atoms with Crippen LogP contribution in [0.5, 0.6) is 0 Å². The molecule has 50 heavy (non-hydrogen) atoms. The Morgan fingerprint density at radius 3 is 1.94 bits per heavy atom. The van der Waals surface area contributed by atoms with E-state index in [4.69, 9.17) is 0 Å². The molecule has 3 nitrogen and oxygen atoms in total. The van der Waals surface area contributed by atoms with Crippen molar-refractivity contribution in [2.45, 2.75) is 26.8 Å². The van der Waals surface area contributed by atoms with Gasteiger partial charge in [0, 0.05) is 55.9 Å². The summed E-state index contributed by atoms with van der Waals surface area (Å²) in [6, 6.07) is 44.2. The first-order valence-corrected chi connectivity index (χ1v) is 17.4. The molecule has 1 atom stereocenters. The molecule has 0 spiro atoms. The summed E-state index contributed by atoms with van der Waals surface area (Å²) in [6.07, 6.45) is 19.3. The Hall–Kier alpha value is -6.06. The van der Waals surface area contributed by atoms with Crippen LogP contribution < -0.4 is 9.80 Å². The van der Waals surface area contributed by atoms with Crippen LogP contribution in [0.1, 0.15) is 26.3 Å². The highest BCUT2D eigenvalue weighted by Crippen LogP contribution is 2.45. The number of hydrogen-bond acceptors (Lipinski definition) is 2. The molecule has 6 aromatic rings. The van der Waals surface area contributed by atoms with Crippen LogP contribution in [0.2, 0.25) is 0 Å². The van der Waals surface area contributed by atoms with Gasteiger partial charge in [-0.2, -0.15) is 0 Å². The lowest BCUT2D eigenvalue weighted by Crippen LogP contribution is -2.23. The van der Waals surface area contributed by atoms with Gasteiger partial charge in [0.05, 0.1) is 17.1 Å². The van der Waals surface area contributed by atoms with E-state index in [-0.39, 0.29) is 11.5 Å². The molecular formula is C47H41N3. The van der Waals surface area contributed by atoms with Gasteiger partial charge in [-0.3, -0.25) is 0 Å². The lowest BCUT2D eigenvalue weighted by atomic mass is 9.93. The van der Waals surface area contributed by atoms with Crippen molar-refractivity contribution in [1.82, 2.24) is 4.57 Å². The van der Waals surface area contributed by atoms with Crippen molar-refractivity contribution in [2.24, 2.45) is 5.41 Å². The van der Waals surface area contributed by atoms with E-state index in [2.05, 4.69) is 206 Å². The van der Waals surface area contributed by atoms with Gasteiger partial charge in [-0.05, 0) is 91.4 Å². The predicted octanol–water partition coefficient (Wildman–Crippen LogP) is 12.6. The molecule has 1 aliphatic heterocycles. The quantitative estimate of drug-likeness (QED) is 0.160. The summed E-state index contributed by atoms with van der Waals surface area (Å²) >= 11 is 0. The van der Waals surface area contributed by atoms with E-state index >= 15 is 0 Å². The normalized spacial score (nSPS) is 17.4. The molecule has 1 unspecified atom stereocenters. The molecule has 0 amide bonds. The first-order valence-electron chi connectivity index (χ1n) is 17.4. The molecule has 0 fully saturated rings. The molecule has 2 aliphatic rings. The Kier molecular flexibility index (Phi) is 7.97. The van der Waals surface area contributed by atoms with Crippen LogP contribution >= 0.6 is 0 Å². The van der Waals surface area contributed by atoms with Crippen molar-refractivity contribution in [1.29, 1.82) is 0 Å². The maximum Gasteiger partial charge on any atom is 0.0570 e. The second-order valence-corrected chi connectivity index (χ2v) is 13.6. The van der Waals surface area contributed by atoms with Gasteiger partial charge in [-0.15, -0.1) is 0 Å². The van der Waals surface area contributed by atoms with E-state index in [0.717, 1.165) is 28.4 Å². The Balaban J connectivity index is 1.19. The van der Waals surface area contributed by atoms with Gasteiger partial charge in [0.25, 0.3) is 0 Å². The number of benzene rings is 5. The molecule has 2 heterocycles. The number of rotatable bonds is 7. The largest absolute Gasteiger partial charge is 0.334 e. The van der Waals surface area contributed by atoms with Gasteiger partial charge >= 0.3 is 0 Å². The smallest absolute Gasteiger partial charge is 0.0570 e. The molecule has 8 rings (SSSR count). The fourth-order valence-corrected chi connectivity index (χ4v) is 7.45. The summed E-state index contributed by atoms with van der Waals surface area (Å²) in [5.74, 6) is 0. The molecule has 1 aromatic heterocycles. The lowest BCUT2D eigenvalue weighted by Gasteiger charge is -2.29. The average Bonchev–Trinajstić information content (AvgIpc) is 3.55. The lowest BCUT2D eigenvalue weighted by molar-refractivity contribution is 0.627. The molecule has 1 aliphatic carbocycles. The standard InChI is InChI=1S/C47H41N3/c1-5-6-7-16-40-34(2)48(44-20-11-8-17-41(40)44)36-23-25-37(26-24-36)49(35-15-14-32-47(3,4)33-31-35)38-27-29-39(30-28-38)50-45-21-12-9-18-42(45)43-19-10-13-22-46(43)50/h5-34H,1H2,2-4H3/b7-6-,40-16+. The Bertz CT molecular complexity index is 2320. The van der Waals surface area contributed by atoms with E-state index in [9.17, 15) is 0 Å². The van der Waals surface area contributed by atoms with E-state index < -0.39 is 0 Å². The van der Waals surface area contributed by atoms with Crippen molar-refractivity contribution < 1.29 is 0 Å². The van der Waals surface area contributed by atoms with Crippen molar-refractivity contribution >= 4 is 50.1 Å². The molecule has 0 saturated carbocycles. The summed E-state index contributed by atoms with van der Waals surface area (Å²) in [7, 11) is 0. The average molecular weight is 648 g/mol. The zero-order valence-corrected chi connectivity index (χ0v) is 28.9. The number of para-hydroxylation sites is 3. The first-order chi connectivity index (χ1) is 24.4. The summed E-state index contributed by atoms with van der Waals surface area (Å²) < 4.78 is 2.37. The molecule has 0 bridgehead atoms. The highest BCUT2D eigenvalue weighted by Gasteiger charge is 2.31. The van der Waals surface area contributed by atoms with Crippen LogP contribution in [0.3, 0.4) is 0 Å². The SMILES string of the molecule is C=C/C=C\C=C1\c2ccccc2N(c2ccc(N(C3=CC=CC(C)(C)C=C3)c3ccc(-n4c5ccccc5c5ccccc54)cc3)cc2)C1C. The van der Waals surface area contributed by atoms with Crippen LogP contribution in [0, 0.1) is 5.41 Å². The van der Waals surface area contributed by atoms with Crippen LogP contribution in [-0.4, -0.2) is 10.6 Å². The summed E-state index contributed by atoms with van der Waals surface area (Å²) in [5, 5.41) is 2.53. The molecule has 0 radical (unpaired) electrons. The van der Waals surface area contributed by atoms with Gasteiger partial charge in [0.15, 0.2) is 0 Å². The molecule has 3 heteroatoms. The Morgan fingerprint density at radius 1 is 0.680 bits per heavy atom. The third-order valence-corrected chi connectivity index (χ3v) is 9.90. The second-order valence-electron chi connectivity index (χ2n) is 13.6.